The van der Waals surface area contributed by atoms with E-state index in [1.807, 2.05) is 7.05 Å². The van der Waals surface area contributed by atoms with Crippen molar-refractivity contribution in [2.75, 3.05) is 26.7 Å². The van der Waals surface area contributed by atoms with Gasteiger partial charge in [0.05, 0.1) is 0 Å². The van der Waals surface area contributed by atoms with E-state index >= 15 is 0 Å². The highest BCUT2D eigenvalue weighted by Crippen LogP contribution is 2.17. The van der Waals surface area contributed by atoms with Crippen molar-refractivity contribution in [2.45, 2.75) is 63.5 Å². The maximum absolute atomic E-state index is 12.0. The van der Waals surface area contributed by atoms with Crippen LogP contribution in [0.4, 0.5) is 0 Å². The van der Waals surface area contributed by atoms with Crippen LogP contribution in [0.25, 0.3) is 0 Å². The van der Waals surface area contributed by atoms with Crippen molar-refractivity contribution in [2.24, 2.45) is 0 Å². The van der Waals surface area contributed by atoms with E-state index in [4.69, 9.17) is 0 Å². The van der Waals surface area contributed by atoms with Crippen molar-refractivity contribution in [3.63, 3.8) is 0 Å². The molecule has 2 fully saturated rings. The highest BCUT2D eigenvalue weighted by molar-refractivity contribution is 5.76. The standard InChI is InChI=1S/C15H29N3O/c1-16-14-8-5-10-18(12-14)11-9-15(19)17-13-6-3-2-4-7-13/h13-14,16H,2-12H2,1H3,(H,17,19). The van der Waals surface area contributed by atoms with Gasteiger partial charge in [-0.3, -0.25) is 4.79 Å². The second kappa shape index (κ2) is 7.85. The Hall–Kier alpha value is -0.610. The van der Waals surface area contributed by atoms with Gasteiger partial charge in [-0.15, -0.1) is 0 Å². The fourth-order valence-corrected chi connectivity index (χ4v) is 3.30. The molecule has 1 amide bonds. The molecule has 1 saturated heterocycles. The lowest BCUT2D eigenvalue weighted by Gasteiger charge is -2.32. The topological polar surface area (TPSA) is 44.4 Å². The van der Waals surface area contributed by atoms with E-state index in [9.17, 15) is 4.79 Å². The Bertz CT molecular complexity index is 277. The van der Waals surface area contributed by atoms with Gasteiger partial charge >= 0.3 is 0 Å². The molecule has 0 aromatic carbocycles. The number of carbonyl (C=O) groups is 1. The van der Waals surface area contributed by atoms with Crippen molar-refractivity contribution in [1.82, 2.24) is 15.5 Å². The first-order valence-corrected chi connectivity index (χ1v) is 7.97. The summed E-state index contributed by atoms with van der Waals surface area (Å²) in [7, 11) is 2.03. The number of hydrogen-bond donors (Lipinski definition) is 2. The molecule has 19 heavy (non-hydrogen) atoms. The Morgan fingerprint density at radius 3 is 2.58 bits per heavy atom. The third kappa shape index (κ3) is 5.11. The fourth-order valence-electron chi connectivity index (χ4n) is 3.30. The highest BCUT2D eigenvalue weighted by atomic mass is 16.1. The minimum Gasteiger partial charge on any atom is -0.353 e. The predicted molar refractivity (Wildman–Crippen MR) is 78.2 cm³/mol. The van der Waals surface area contributed by atoms with Crippen LogP contribution < -0.4 is 10.6 Å². The summed E-state index contributed by atoms with van der Waals surface area (Å²) in [5.74, 6) is 0.249. The number of rotatable bonds is 5. The van der Waals surface area contributed by atoms with E-state index in [2.05, 4.69) is 15.5 Å². The molecular weight excluding hydrogens is 238 g/mol. The van der Waals surface area contributed by atoms with Gasteiger partial charge in [-0.2, -0.15) is 0 Å². The first-order chi connectivity index (χ1) is 9.28. The molecule has 1 heterocycles. The summed E-state index contributed by atoms with van der Waals surface area (Å²) >= 11 is 0. The Kier molecular flexibility index (Phi) is 6.11. The van der Waals surface area contributed by atoms with E-state index in [-0.39, 0.29) is 5.91 Å². The number of nitrogens with zero attached hydrogens (tertiary/aromatic N) is 1. The van der Waals surface area contributed by atoms with Crippen LogP contribution in [0.3, 0.4) is 0 Å². The highest BCUT2D eigenvalue weighted by Gasteiger charge is 2.20. The lowest BCUT2D eigenvalue weighted by Crippen LogP contribution is -2.45. The SMILES string of the molecule is CNC1CCCN(CCC(=O)NC2CCCCC2)C1. The van der Waals surface area contributed by atoms with Crippen LogP contribution in [0.15, 0.2) is 0 Å². The van der Waals surface area contributed by atoms with Crippen molar-refractivity contribution < 1.29 is 4.79 Å². The van der Waals surface area contributed by atoms with Crippen LogP contribution in [-0.2, 0) is 4.79 Å². The van der Waals surface area contributed by atoms with Crippen LogP contribution in [0.1, 0.15) is 51.4 Å². The average Bonchev–Trinajstić information content (AvgIpc) is 2.46. The molecule has 4 nitrogen and oxygen atoms in total. The van der Waals surface area contributed by atoms with Gasteiger partial charge in [-0.25, -0.2) is 0 Å². The van der Waals surface area contributed by atoms with Crippen LogP contribution in [0, 0.1) is 0 Å². The number of hydrogen-bond acceptors (Lipinski definition) is 3. The smallest absolute Gasteiger partial charge is 0.221 e. The zero-order valence-corrected chi connectivity index (χ0v) is 12.3. The van der Waals surface area contributed by atoms with E-state index in [0.29, 0.717) is 18.5 Å². The fraction of sp³-hybridized carbons (Fsp3) is 0.933. The number of nitrogens with one attached hydrogen (secondary N) is 2. The molecule has 1 saturated carbocycles. The molecule has 1 unspecified atom stereocenters. The van der Waals surface area contributed by atoms with E-state index < -0.39 is 0 Å². The molecule has 2 N–H and O–H groups in total. The minimum absolute atomic E-state index is 0.249. The van der Waals surface area contributed by atoms with Crippen molar-refractivity contribution in [3.8, 4) is 0 Å². The van der Waals surface area contributed by atoms with Gasteiger partial charge in [-0.1, -0.05) is 19.3 Å². The summed E-state index contributed by atoms with van der Waals surface area (Å²) in [5.41, 5.74) is 0. The minimum atomic E-state index is 0.249. The summed E-state index contributed by atoms with van der Waals surface area (Å²) in [6, 6.07) is 1.06. The summed E-state index contributed by atoms with van der Waals surface area (Å²) < 4.78 is 0. The van der Waals surface area contributed by atoms with Gasteiger partial charge in [0.15, 0.2) is 0 Å². The molecule has 0 bridgehead atoms. The molecule has 1 aliphatic carbocycles. The molecule has 1 atom stereocenters. The zero-order chi connectivity index (χ0) is 13.5. The van der Waals surface area contributed by atoms with Gasteiger partial charge in [0, 0.05) is 31.6 Å². The monoisotopic (exact) mass is 267 g/mol. The number of likely N-dealkylation sites (N-methyl/N-ethyl adjacent to an activating group) is 1. The van der Waals surface area contributed by atoms with Crippen LogP contribution >= 0.6 is 0 Å². The number of piperidine rings is 1. The molecule has 0 radical (unpaired) electrons. The molecule has 0 aromatic heterocycles. The van der Waals surface area contributed by atoms with Crippen LogP contribution in [-0.4, -0.2) is 49.6 Å². The Labute approximate surface area is 117 Å². The van der Waals surface area contributed by atoms with Crippen LogP contribution in [0.2, 0.25) is 0 Å². The van der Waals surface area contributed by atoms with E-state index in [1.165, 1.54) is 44.9 Å². The third-order valence-electron chi connectivity index (χ3n) is 4.54. The summed E-state index contributed by atoms with van der Waals surface area (Å²) in [6.07, 6.45) is 9.42. The second-order valence-electron chi connectivity index (χ2n) is 6.08. The quantitative estimate of drug-likeness (QED) is 0.793. The second-order valence-corrected chi connectivity index (χ2v) is 6.08. The first-order valence-electron chi connectivity index (χ1n) is 7.97. The molecule has 110 valence electrons. The van der Waals surface area contributed by atoms with E-state index in [1.54, 1.807) is 0 Å². The number of likely N-dealkylation sites (tertiary alicyclic amines) is 1. The molecule has 2 aliphatic rings. The van der Waals surface area contributed by atoms with Crippen LogP contribution in [0.5, 0.6) is 0 Å². The normalized spacial score (nSPS) is 26.3. The lowest BCUT2D eigenvalue weighted by molar-refractivity contribution is -0.122. The van der Waals surface area contributed by atoms with Crippen molar-refractivity contribution in [1.29, 1.82) is 0 Å². The Morgan fingerprint density at radius 1 is 1.11 bits per heavy atom. The Balaban J connectivity index is 1.62. The lowest BCUT2D eigenvalue weighted by atomic mass is 9.95. The Morgan fingerprint density at radius 2 is 1.84 bits per heavy atom. The molecule has 1 aliphatic heterocycles. The van der Waals surface area contributed by atoms with Crippen molar-refractivity contribution in [3.05, 3.63) is 0 Å². The molecule has 0 spiro atoms. The third-order valence-corrected chi connectivity index (χ3v) is 4.54. The van der Waals surface area contributed by atoms with Gasteiger partial charge in [0.1, 0.15) is 0 Å². The predicted octanol–water partition coefficient (Wildman–Crippen LogP) is 1.51. The maximum Gasteiger partial charge on any atom is 0.221 e. The van der Waals surface area contributed by atoms with Gasteiger partial charge < -0.3 is 15.5 Å². The average molecular weight is 267 g/mol. The van der Waals surface area contributed by atoms with Crippen molar-refractivity contribution >= 4 is 5.91 Å². The molecular formula is C15H29N3O. The molecule has 4 heteroatoms. The summed E-state index contributed by atoms with van der Waals surface area (Å²) in [6.45, 7) is 3.15. The first kappa shape index (κ1) is 14.8. The number of amides is 1. The zero-order valence-electron chi connectivity index (χ0n) is 12.3. The number of carbonyl (C=O) groups excluding carboxylic acids is 1. The summed E-state index contributed by atoms with van der Waals surface area (Å²) in [5, 5.41) is 6.55. The van der Waals surface area contributed by atoms with Gasteiger partial charge in [-0.05, 0) is 39.3 Å². The molecule has 0 aromatic rings. The molecule has 2 rings (SSSR count). The van der Waals surface area contributed by atoms with Gasteiger partial charge in [0.25, 0.3) is 0 Å². The maximum atomic E-state index is 12.0. The van der Waals surface area contributed by atoms with E-state index in [0.717, 1.165) is 19.6 Å². The summed E-state index contributed by atoms with van der Waals surface area (Å²) in [4.78, 5) is 14.4. The van der Waals surface area contributed by atoms with Gasteiger partial charge in [0.2, 0.25) is 5.91 Å². The largest absolute Gasteiger partial charge is 0.353 e.